The second-order valence-electron chi connectivity index (χ2n) is 10.4. The van der Waals surface area contributed by atoms with Crippen LogP contribution in [0.4, 0.5) is 13.6 Å². The van der Waals surface area contributed by atoms with Crippen LogP contribution in [-0.2, 0) is 15.1 Å². The number of amides is 2. The van der Waals surface area contributed by atoms with Crippen molar-refractivity contribution in [3.05, 3.63) is 34.9 Å². The first-order chi connectivity index (χ1) is 17.7. The van der Waals surface area contributed by atoms with E-state index in [1.165, 1.54) is 0 Å². The summed E-state index contributed by atoms with van der Waals surface area (Å²) >= 11 is 6.24. The smallest absolute Gasteiger partial charge is 0.317 e. The number of halogens is 3. The van der Waals surface area contributed by atoms with Gasteiger partial charge in [0.05, 0.1) is 13.2 Å². The van der Waals surface area contributed by atoms with Gasteiger partial charge in [0.2, 0.25) is 5.92 Å². The third-order valence-electron chi connectivity index (χ3n) is 7.60. The number of alkyl halides is 2. The Morgan fingerprint density at radius 3 is 2.78 bits per heavy atom. The monoisotopic (exact) mass is 545 g/mol. The molecule has 1 aromatic rings. The molecule has 2 fully saturated rings. The van der Waals surface area contributed by atoms with Crippen molar-refractivity contribution in [1.29, 1.82) is 0 Å². The van der Waals surface area contributed by atoms with Crippen LogP contribution >= 0.6 is 11.6 Å². The highest BCUT2D eigenvalue weighted by atomic mass is 35.5. The standard InChI is InChI=1S/C27H42ClF2N3O4/c1-31-18-23(16-20-8-11-26(29,30)12-9-20)32-25(34)33-13-15-37-24(19-33)27(35,10-3-4-14-36-2)21-6-5-7-22(28)17-21/h5-7,17,20,23-24,31,35H,3-4,8-16,18-19H2,1-2H3,(H,32,34)/t23?,24-,27-/m1/s1. The molecule has 1 aromatic carbocycles. The molecule has 1 saturated carbocycles. The lowest BCUT2D eigenvalue weighted by Gasteiger charge is -2.43. The predicted octanol–water partition coefficient (Wildman–Crippen LogP) is 4.56. The maximum Gasteiger partial charge on any atom is 0.317 e. The number of carbonyl (C=O) groups is 1. The molecule has 3 rings (SSSR count). The number of nitrogens with zero attached hydrogens (tertiary/aromatic N) is 1. The molecule has 3 N–H and O–H groups in total. The molecule has 0 radical (unpaired) electrons. The third-order valence-corrected chi connectivity index (χ3v) is 7.83. The van der Waals surface area contributed by atoms with Crippen LogP contribution in [0.15, 0.2) is 24.3 Å². The Kier molecular flexibility index (Phi) is 11.4. The van der Waals surface area contributed by atoms with Crippen molar-refractivity contribution >= 4 is 17.6 Å². The molecule has 1 aliphatic heterocycles. The largest absolute Gasteiger partial charge is 0.385 e. The number of nitrogens with one attached hydrogen (secondary N) is 2. The van der Waals surface area contributed by atoms with Crippen molar-refractivity contribution in [2.75, 3.05) is 47.0 Å². The van der Waals surface area contributed by atoms with Gasteiger partial charge in [0.1, 0.15) is 11.7 Å². The van der Waals surface area contributed by atoms with Gasteiger partial charge in [-0.1, -0.05) is 23.7 Å². The number of urea groups is 1. The number of morpholine rings is 1. The molecular weight excluding hydrogens is 504 g/mol. The number of rotatable bonds is 12. The molecule has 0 bridgehead atoms. The van der Waals surface area contributed by atoms with Gasteiger partial charge in [-0.3, -0.25) is 0 Å². The molecule has 3 atom stereocenters. The molecule has 1 unspecified atom stereocenters. The first-order valence-electron chi connectivity index (χ1n) is 13.3. The topological polar surface area (TPSA) is 83.1 Å². The van der Waals surface area contributed by atoms with Gasteiger partial charge in [-0.2, -0.15) is 0 Å². The van der Waals surface area contributed by atoms with E-state index < -0.39 is 17.6 Å². The average Bonchev–Trinajstić information content (AvgIpc) is 2.88. The minimum atomic E-state index is -2.57. The highest BCUT2D eigenvalue weighted by Gasteiger charge is 2.43. The summed E-state index contributed by atoms with van der Waals surface area (Å²) < 4.78 is 38.3. The summed E-state index contributed by atoms with van der Waals surface area (Å²) in [5.74, 6) is -2.40. The number of carbonyl (C=O) groups excluding carboxylic acids is 1. The highest BCUT2D eigenvalue weighted by Crippen LogP contribution is 2.38. The molecule has 2 amide bonds. The van der Waals surface area contributed by atoms with E-state index in [2.05, 4.69) is 10.6 Å². The third kappa shape index (κ3) is 8.75. The molecule has 210 valence electrons. The fraction of sp³-hybridized carbons (Fsp3) is 0.741. The Bertz CT molecular complexity index is 855. The van der Waals surface area contributed by atoms with Crippen LogP contribution in [0, 0.1) is 5.92 Å². The summed E-state index contributed by atoms with van der Waals surface area (Å²) in [4.78, 5) is 15.0. The van der Waals surface area contributed by atoms with E-state index in [-0.39, 0.29) is 37.4 Å². The molecule has 2 aliphatic rings. The summed E-state index contributed by atoms with van der Waals surface area (Å²) in [6.45, 7) is 2.07. The zero-order valence-corrected chi connectivity index (χ0v) is 22.7. The van der Waals surface area contributed by atoms with Crippen LogP contribution in [0.2, 0.25) is 5.02 Å². The number of hydrogen-bond acceptors (Lipinski definition) is 5. The number of methoxy groups -OCH3 is 1. The van der Waals surface area contributed by atoms with Gasteiger partial charge in [0.15, 0.2) is 0 Å². The number of likely N-dealkylation sites (N-methyl/N-ethyl adjacent to an activating group) is 1. The van der Waals surface area contributed by atoms with E-state index in [1.807, 2.05) is 13.1 Å². The van der Waals surface area contributed by atoms with E-state index in [0.717, 1.165) is 6.42 Å². The fourth-order valence-electron chi connectivity index (χ4n) is 5.46. The minimum absolute atomic E-state index is 0.0878. The first kappa shape index (κ1) is 30.0. The Morgan fingerprint density at radius 2 is 2.11 bits per heavy atom. The number of aliphatic hydroxyl groups is 1. The molecule has 1 aliphatic carbocycles. The lowest BCUT2D eigenvalue weighted by Crippen LogP contribution is -2.58. The van der Waals surface area contributed by atoms with Crippen molar-refractivity contribution in [2.24, 2.45) is 5.92 Å². The van der Waals surface area contributed by atoms with Gasteiger partial charge in [-0.15, -0.1) is 0 Å². The average molecular weight is 546 g/mol. The normalized spacial score (nSPS) is 22.9. The lowest BCUT2D eigenvalue weighted by molar-refractivity contribution is -0.146. The van der Waals surface area contributed by atoms with Crippen molar-refractivity contribution in [2.45, 2.75) is 75.0 Å². The van der Waals surface area contributed by atoms with Crippen LogP contribution in [0.25, 0.3) is 0 Å². The second-order valence-corrected chi connectivity index (χ2v) is 10.9. The summed E-state index contributed by atoms with van der Waals surface area (Å²) in [5, 5.41) is 18.6. The molecular formula is C27H42ClF2N3O4. The maximum absolute atomic E-state index is 13.6. The summed E-state index contributed by atoms with van der Waals surface area (Å²) in [6.07, 6.45) is 2.73. The van der Waals surface area contributed by atoms with E-state index in [9.17, 15) is 18.7 Å². The number of ether oxygens (including phenoxy) is 2. The Labute approximate surface area is 224 Å². The SMILES string of the molecule is CNCC(CC1CCC(F)(F)CC1)NC(=O)N1CCO[C@@H]([C@@](O)(CCCCOC)c2cccc(Cl)c2)C1. The lowest BCUT2D eigenvalue weighted by atomic mass is 9.82. The number of benzene rings is 1. The van der Waals surface area contributed by atoms with Crippen molar-refractivity contribution in [1.82, 2.24) is 15.5 Å². The summed E-state index contributed by atoms with van der Waals surface area (Å²) in [6, 6.07) is 6.74. The van der Waals surface area contributed by atoms with E-state index >= 15 is 0 Å². The minimum Gasteiger partial charge on any atom is -0.385 e. The Balaban J connectivity index is 1.66. The molecule has 1 saturated heterocycles. The van der Waals surface area contributed by atoms with Gasteiger partial charge < -0.3 is 30.1 Å². The second kappa shape index (κ2) is 14.0. The predicted molar refractivity (Wildman–Crippen MR) is 140 cm³/mol. The zero-order valence-electron chi connectivity index (χ0n) is 22.0. The Morgan fingerprint density at radius 1 is 1.35 bits per heavy atom. The van der Waals surface area contributed by atoms with Gasteiger partial charge >= 0.3 is 6.03 Å². The number of hydrogen-bond donors (Lipinski definition) is 3. The van der Waals surface area contributed by atoms with Gasteiger partial charge in [0, 0.05) is 50.7 Å². The zero-order chi connectivity index (χ0) is 26.9. The van der Waals surface area contributed by atoms with Gasteiger partial charge in [-0.05, 0) is 69.2 Å². The first-order valence-corrected chi connectivity index (χ1v) is 13.7. The van der Waals surface area contributed by atoms with Gasteiger partial charge in [0.25, 0.3) is 0 Å². The molecule has 1 heterocycles. The summed E-state index contributed by atoms with van der Waals surface area (Å²) in [7, 11) is 3.46. The van der Waals surface area contributed by atoms with E-state index in [1.54, 1.807) is 30.2 Å². The van der Waals surface area contributed by atoms with Crippen molar-refractivity contribution < 1.29 is 28.2 Å². The van der Waals surface area contributed by atoms with E-state index in [4.69, 9.17) is 21.1 Å². The van der Waals surface area contributed by atoms with E-state index in [0.29, 0.717) is 69.0 Å². The molecule has 37 heavy (non-hydrogen) atoms. The van der Waals surface area contributed by atoms with Crippen molar-refractivity contribution in [3.63, 3.8) is 0 Å². The summed E-state index contributed by atoms with van der Waals surface area (Å²) in [5.41, 5.74) is -0.665. The van der Waals surface area contributed by atoms with Crippen LogP contribution in [-0.4, -0.2) is 81.1 Å². The van der Waals surface area contributed by atoms with Gasteiger partial charge in [-0.25, -0.2) is 13.6 Å². The fourth-order valence-corrected chi connectivity index (χ4v) is 5.65. The molecule has 0 aromatic heterocycles. The molecule has 7 nitrogen and oxygen atoms in total. The van der Waals surface area contributed by atoms with Crippen molar-refractivity contribution in [3.8, 4) is 0 Å². The highest BCUT2D eigenvalue weighted by molar-refractivity contribution is 6.30. The van der Waals surface area contributed by atoms with Crippen LogP contribution in [0.5, 0.6) is 0 Å². The van der Waals surface area contributed by atoms with Crippen LogP contribution in [0.1, 0.15) is 56.9 Å². The molecule has 0 spiro atoms. The maximum atomic E-state index is 13.6. The quantitative estimate of drug-likeness (QED) is 0.335. The number of unbranched alkanes of at least 4 members (excludes halogenated alkanes) is 1. The molecule has 10 heteroatoms. The van der Waals surface area contributed by atoms with Crippen LogP contribution < -0.4 is 10.6 Å². The van der Waals surface area contributed by atoms with Crippen LogP contribution in [0.3, 0.4) is 0 Å². The Hall–Kier alpha value is -1.52.